The summed E-state index contributed by atoms with van der Waals surface area (Å²) in [6, 6.07) is 9.61. The molecule has 30 heavy (non-hydrogen) atoms. The predicted octanol–water partition coefficient (Wildman–Crippen LogP) is 2.73. The molecule has 0 bridgehead atoms. The Morgan fingerprint density at radius 2 is 2.07 bits per heavy atom. The highest BCUT2D eigenvalue weighted by Crippen LogP contribution is 2.57. The van der Waals surface area contributed by atoms with Gasteiger partial charge in [-0.15, -0.1) is 0 Å². The van der Waals surface area contributed by atoms with E-state index in [-0.39, 0.29) is 12.1 Å². The van der Waals surface area contributed by atoms with E-state index in [0.717, 1.165) is 29.6 Å². The van der Waals surface area contributed by atoms with E-state index in [1.165, 1.54) is 10.9 Å². The molecule has 1 aliphatic heterocycles. The summed E-state index contributed by atoms with van der Waals surface area (Å²) >= 11 is 6.12. The van der Waals surface area contributed by atoms with Crippen LogP contribution in [0.15, 0.2) is 58.4 Å². The Morgan fingerprint density at radius 1 is 1.20 bits per heavy atom. The maximum absolute atomic E-state index is 12.6. The summed E-state index contributed by atoms with van der Waals surface area (Å²) in [6.45, 7) is 2.12. The van der Waals surface area contributed by atoms with Crippen molar-refractivity contribution in [2.24, 2.45) is 11.8 Å². The van der Waals surface area contributed by atoms with Crippen LogP contribution in [0.2, 0.25) is 5.02 Å². The molecule has 0 N–H and O–H groups in total. The lowest BCUT2D eigenvalue weighted by Crippen LogP contribution is -2.23. The highest BCUT2D eigenvalue weighted by Gasteiger charge is 2.58. The SMILES string of the molecule is O=c1c2ccncc2ncn1Cc1nc([C@H]2[C@@H]3CN(c4cccc(Cl)c4)C[C@@H]32)no1. The van der Waals surface area contributed by atoms with Crippen molar-refractivity contribution < 1.29 is 4.52 Å². The van der Waals surface area contributed by atoms with Crippen molar-refractivity contribution in [2.45, 2.75) is 12.5 Å². The lowest BCUT2D eigenvalue weighted by Gasteiger charge is -2.21. The zero-order valence-corrected chi connectivity index (χ0v) is 16.6. The monoisotopic (exact) mass is 420 g/mol. The normalized spacial score (nSPS) is 22.4. The average molecular weight is 421 g/mol. The van der Waals surface area contributed by atoms with Crippen LogP contribution in [0, 0.1) is 11.8 Å². The Morgan fingerprint density at radius 3 is 2.90 bits per heavy atom. The van der Waals surface area contributed by atoms with Crippen LogP contribution < -0.4 is 10.5 Å². The van der Waals surface area contributed by atoms with Crippen molar-refractivity contribution in [1.29, 1.82) is 0 Å². The minimum Gasteiger partial charge on any atom is -0.371 e. The molecule has 9 heteroatoms. The van der Waals surface area contributed by atoms with Gasteiger partial charge >= 0.3 is 0 Å². The van der Waals surface area contributed by atoms with Crippen LogP contribution in [0.3, 0.4) is 0 Å². The van der Waals surface area contributed by atoms with Crippen LogP contribution in [0.4, 0.5) is 5.69 Å². The minimum absolute atomic E-state index is 0.150. The third kappa shape index (κ3) is 2.87. The van der Waals surface area contributed by atoms with Crippen LogP contribution in [0.5, 0.6) is 0 Å². The summed E-state index contributed by atoms with van der Waals surface area (Å²) < 4.78 is 6.92. The first-order chi connectivity index (χ1) is 14.7. The first kappa shape index (κ1) is 17.6. The first-order valence-corrected chi connectivity index (χ1v) is 10.2. The third-order valence-electron chi connectivity index (χ3n) is 6.08. The third-order valence-corrected chi connectivity index (χ3v) is 6.32. The number of piperidine rings is 1. The first-order valence-electron chi connectivity index (χ1n) is 9.79. The summed E-state index contributed by atoms with van der Waals surface area (Å²) in [5.41, 5.74) is 1.57. The van der Waals surface area contributed by atoms with Crippen LogP contribution in [-0.2, 0) is 6.54 Å². The molecule has 4 aromatic rings. The molecule has 1 saturated heterocycles. The summed E-state index contributed by atoms with van der Waals surface area (Å²) in [6.07, 6.45) is 4.65. The van der Waals surface area contributed by atoms with Crippen molar-refractivity contribution in [2.75, 3.05) is 18.0 Å². The van der Waals surface area contributed by atoms with Gasteiger partial charge in [-0.2, -0.15) is 4.98 Å². The summed E-state index contributed by atoms with van der Waals surface area (Å²) in [5, 5.41) is 5.46. The topological polar surface area (TPSA) is 89.9 Å². The van der Waals surface area contributed by atoms with Gasteiger partial charge in [0.05, 0.1) is 23.4 Å². The van der Waals surface area contributed by atoms with Gasteiger partial charge < -0.3 is 9.42 Å². The van der Waals surface area contributed by atoms with Crippen molar-refractivity contribution in [3.05, 3.63) is 76.1 Å². The maximum atomic E-state index is 12.6. The molecule has 2 aliphatic rings. The molecule has 2 fully saturated rings. The average Bonchev–Trinajstić information content (AvgIpc) is 3.10. The number of halogens is 1. The molecule has 0 unspecified atom stereocenters. The lowest BCUT2D eigenvalue weighted by atomic mass is 10.2. The van der Waals surface area contributed by atoms with Crippen LogP contribution in [-0.4, -0.2) is 37.8 Å². The quantitative estimate of drug-likeness (QED) is 0.501. The van der Waals surface area contributed by atoms with E-state index in [2.05, 4.69) is 31.1 Å². The molecule has 0 spiro atoms. The van der Waals surface area contributed by atoms with Gasteiger partial charge in [0.2, 0.25) is 5.89 Å². The minimum atomic E-state index is -0.150. The van der Waals surface area contributed by atoms with Gasteiger partial charge in [0, 0.05) is 35.9 Å². The molecule has 6 rings (SSSR count). The number of benzene rings is 1. The Hall–Kier alpha value is -3.26. The van der Waals surface area contributed by atoms with Gasteiger partial charge in [0.25, 0.3) is 5.56 Å². The molecule has 1 aliphatic carbocycles. The molecule has 150 valence electrons. The van der Waals surface area contributed by atoms with E-state index in [1.807, 2.05) is 18.2 Å². The van der Waals surface area contributed by atoms with Gasteiger partial charge in [0.1, 0.15) is 6.54 Å². The number of nitrogens with zero attached hydrogens (tertiary/aromatic N) is 6. The zero-order chi connectivity index (χ0) is 20.2. The smallest absolute Gasteiger partial charge is 0.261 e. The van der Waals surface area contributed by atoms with Crippen molar-refractivity contribution in [3.8, 4) is 0 Å². The molecule has 0 amide bonds. The molecule has 3 aromatic heterocycles. The standard InChI is InChI=1S/C21H17ClN6O2/c22-12-2-1-3-13(6-12)27-8-15-16(9-27)19(15)20-25-18(30-26-20)10-28-11-24-17-7-23-5-4-14(17)21(28)29/h1-7,11,15-16,19H,8-10H2/t15-,16+,19+. The van der Waals surface area contributed by atoms with E-state index in [1.54, 1.807) is 18.5 Å². The maximum Gasteiger partial charge on any atom is 0.261 e. The van der Waals surface area contributed by atoms with Gasteiger partial charge in [-0.05, 0) is 36.1 Å². The van der Waals surface area contributed by atoms with E-state index >= 15 is 0 Å². The predicted molar refractivity (Wildman–Crippen MR) is 111 cm³/mol. The number of aromatic nitrogens is 5. The van der Waals surface area contributed by atoms with E-state index in [4.69, 9.17) is 16.1 Å². The fourth-order valence-corrected chi connectivity index (χ4v) is 4.71. The molecule has 3 atom stereocenters. The van der Waals surface area contributed by atoms with E-state index < -0.39 is 0 Å². The fraction of sp³-hybridized carbons (Fsp3) is 0.286. The Labute approximate surface area is 176 Å². The molecule has 0 radical (unpaired) electrons. The summed E-state index contributed by atoms with van der Waals surface area (Å²) in [5.74, 6) is 2.50. The molecule has 8 nitrogen and oxygen atoms in total. The van der Waals surface area contributed by atoms with Crippen molar-refractivity contribution >= 4 is 28.2 Å². The Balaban J connectivity index is 1.16. The lowest BCUT2D eigenvalue weighted by molar-refractivity contribution is 0.363. The molecular weight excluding hydrogens is 404 g/mol. The van der Waals surface area contributed by atoms with Crippen molar-refractivity contribution in [3.63, 3.8) is 0 Å². The highest BCUT2D eigenvalue weighted by molar-refractivity contribution is 6.30. The number of rotatable bonds is 4. The number of hydrogen-bond acceptors (Lipinski definition) is 7. The summed E-state index contributed by atoms with van der Waals surface area (Å²) in [7, 11) is 0. The van der Waals surface area contributed by atoms with Crippen LogP contribution in [0.25, 0.3) is 10.9 Å². The highest BCUT2D eigenvalue weighted by atomic mass is 35.5. The number of pyridine rings is 1. The second-order valence-corrected chi connectivity index (χ2v) is 8.29. The zero-order valence-electron chi connectivity index (χ0n) is 15.8. The Bertz CT molecular complexity index is 1310. The van der Waals surface area contributed by atoms with E-state index in [0.29, 0.717) is 34.5 Å². The second-order valence-electron chi connectivity index (χ2n) is 7.86. The van der Waals surface area contributed by atoms with Gasteiger partial charge in [0.15, 0.2) is 5.82 Å². The van der Waals surface area contributed by atoms with Crippen LogP contribution in [0.1, 0.15) is 17.6 Å². The number of fused-ring (bicyclic) bond motifs is 2. The van der Waals surface area contributed by atoms with Gasteiger partial charge in [-0.1, -0.05) is 22.8 Å². The molecule has 1 aromatic carbocycles. The number of hydrogen-bond donors (Lipinski definition) is 0. The summed E-state index contributed by atoms with van der Waals surface area (Å²) in [4.78, 5) is 27.8. The molecular formula is C21H17ClN6O2. The fourth-order valence-electron chi connectivity index (χ4n) is 4.53. The van der Waals surface area contributed by atoms with Crippen LogP contribution >= 0.6 is 11.6 Å². The van der Waals surface area contributed by atoms with Gasteiger partial charge in [-0.25, -0.2) is 4.98 Å². The largest absolute Gasteiger partial charge is 0.371 e. The Kier molecular flexibility index (Phi) is 3.89. The number of anilines is 1. The molecule has 4 heterocycles. The van der Waals surface area contributed by atoms with Gasteiger partial charge in [-0.3, -0.25) is 14.3 Å². The second kappa shape index (κ2) is 6.63. The molecule has 1 saturated carbocycles. The van der Waals surface area contributed by atoms with E-state index in [9.17, 15) is 4.79 Å². The van der Waals surface area contributed by atoms with Crippen molar-refractivity contribution in [1.82, 2.24) is 24.7 Å².